The summed E-state index contributed by atoms with van der Waals surface area (Å²) in [4.78, 5) is 18.8. The predicted molar refractivity (Wildman–Crippen MR) is 121 cm³/mol. The van der Waals surface area contributed by atoms with Crippen molar-refractivity contribution in [1.82, 2.24) is 14.9 Å². The Morgan fingerprint density at radius 3 is 2.66 bits per heavy atom. The number of benzene rings is 1. The molecular formula is C23H27N3OS2. The van der Waals surface area contributed by atoms with E-state index in [-0.39, 0.29) is 11.9 Å². The second-order valence-electron chi connectivity index (χ2n) is 7.59. The second-order valence-corrected chi connectivity index (χ2v) is 9.51. The van der Waals surface area contributed by atoms with Crippen LogP contribution in [-0.4, -0.2) is 21.2 Å². The molecule has 1 fully saturated rings. The molecule has 0 spiro atoms. The van der Waals surface area contributed by atoms with Gasteiger partial charge in [0.05, 0.1) is 17.5 Å². The van der Waals surface area contributed by atoms with Crippen molar-refractivity contribution in [2.24, 2.45) is 0 Å². The van der Waals surface area contributed by atoms with Gasteiger partial charge in [0.1, 0.15) is 0 Å². The molecule has 4 rings (SSSR count). The van der Waals surface area contributed by atoms with Crippen molar-refractivity contribution in [3.8, 4) is 0 Å². The van der Waals surface area contributed by atoms with E-state index in [1.54, 1.807) is 23.1 Å². The van der Waals surface area contributed by atoms with Crippen LogP contribution in [0.5, 0.6) is 0 Å². The van der Waals surface area contributed by atoms with Gasteiger partial charge in [-0.1, -0.05) is 61.0 Å². The monoisotopic (exact) mass is 425 g/mol. The van der Waals surface area contributed by atoms with Crippen molar-refractivity contribution in [2.45, 2.75) is 56.8 Å². The van der Waals surface area contributed by atoms with E-state index in [0.29, 0.717) is 11.8 Å². The van der Waals surface area contributed by atoms with Crippen LogP contribution in [0, 0.1) is 13.8 Å². The minimum absolute atomic E-state index is 0.0357. The Balaban J connectivity index is 1.46. The molecule has 1 aromatic carbocycles. The molecule has 1 N–H and O–H groups in total. The van der Waals surface area contributed by atoms with Crippen LogP contribution in [0.25, 0.3) is 0 Å². The molecule has 6 heteroatoms. The van der Waals surface area contributed by atoms with Gasteiger partial charge in [-0.2, -0.15) is 0 Å². The van der Waals surface area contributed by atoms with Crippen molar-refractivity contribution in [3.05, 3.63) is 69.7 Å². The van der Waals surface area contributed by atoms with Gasteiger partial charge >= 0.3 is 0 Å². The van der Waals surface area contributed by atoms with Crippen molar-refractivity contribution < 1.29 is 4.79 Å². The lowest BCUT2D eigenvalue weighted by Crippen LogP contribution is -2.30. The summed E-state index contributed by atoms with van der Waals surface area (Å²) in [5.74, 6) is 0.408. The zero-order chi connectivity index (χ0) is 20.2. The third kappa shape index (κ3) is 4.59. The summed E-state index contributed by atoms with van der Waals surface area (Å²) in [6.45, 7) is 4.21. The molecule has 0 saturated heterocycles. The Hall–Kier alpha value is -2.05. The van der Waals surface area contributed by atoms with Crippen LogP contribution in [0.3, 0.4) is 0 Å². The van der Waals surface area contributed by atoms with Crippen molar-refractivity contribution in [1.29, 1.82) is 0 Å². The standard InChI is InChI=1S/C23H27N3OS2/c1-16-17(2)26(19-11-6-7-12-19)23(24-16)29-15-21(27)25-22(20-13-8-14-28-20)18-9-4-3-5-10-18/h3-5,8-10,13-14,19,22H,6-7,11-12,15H2,1-2H3,(H,25,27)/t22-/m1/s1. The Labute approximate surface area is 180 Å². The number of amides is 1. The van der Waals surface area contributed by atoms with E-state index in [0.717, 1.165) is 21.3 Å². The lowest BCUT2D eigenvalue weighted by Gasteiger charge is -2.19. The first-order chi connectivity index (χ1) is 14.1. The summed E-state index contributed by atoms with van der Waals surface area (Å²) in [7, 11) is 0. The van der Waals surface area contributed by atoms with Crippen LogP contribution >= 0.6 is 23.1 Å². The highest BCUT2D eigenvalue weighted by Gasteiger charge is 2.24. The van der Waals surface area contributed by atoms with Gasteiger partial charge < -0.3 is 9.88 Å². The van der Waals surface area contributed by atoms with E-state index in [4.69, 9.17) is 4.98 Å². The summed E-state index contributed by atoms with van der Waals surface area (Å²) < 4.78 is 2.37. The second kappa shape index (κ2) is 9.18. The topological polar surface area (TPSA) is 46.9 Å². The molecule has 29 heavy (non-hydrogen) atoms. The number of carbonyl (C=O) groups excluding carboxylic acids is 1. The molecule has 1 amide bonds. The molecular weight excluding hydrogens is 398 g/mol. The molecule has 0 unspecified atom stereocenters. The number of imidazole rings is 1. The highest BCUT2D eigenvalue weighted by molar-refractivity contribution is 7.99. The maximum atomic E-state index is 12.9. The normalized spacial score (nSPS) is 15.5. The van der Waals surface area contributed by atoms with Crippen LogP contribution in [0.1, 0.15) is 59.6 Å². The Kier molecular flexibility index (Phi) is 6.40. The van der Waals surface area contributed by atoms with Crippen LogP contribution in [0.2, 0.25) is 0 Å². The lowest BCUT2D eigenvalue weighted by molar-refractivity contribution is -0.119. The van der Waals surface area contributed by atoms with E-state index in [1.807, 2.05) is 24.3 Å². The van der Waals surface area contributed by atoms with Crippen molar-refractivity contribution >= 4 is 29.0 Å². The number of thioether (sulfide) groups is 1. The van der Waals surface area contributed by atoms with Gasteiger partial charge in [-0.3, -0.25) is 4.79 Å². The molecule has 1 aliphatic carbocycles. The summed E-state index contributed by atoms with van der Waals surface area (Å²) >= 11 is 3.22. The summed E-state index contributed by atoms with van der Waals surface area (Å²) in [6, 6.07) is 14.7. The Morgan fingerprint density at radius 1 is 1.21 bits per heavy atom. The van der Waals surface area contributed by atoms with Crippen LogP contribution < -0.4 is 5.32 Å². The van der Waals surface area contributed by atoms with Crippen LogP contribution in [0.15, 0.2) is 53.0 Å². The maximum Gasteiger partial charge on any atom is 0.231 e. The van der Waals surface area contributed by atoms with Gasteiger partial charge in [-0.15, -0.1) is 11.3 Å². The summed E-state index contributed by atoms with van der Waals surface area (Å²) in [5.41, 5.74) is 3.41. The van der Waals surface area contributed by atoms with Crippen molar-refractivity contribution in [3.63, 3.8) is 0 Å². The number of carbonyl (C=O) groups is 1. The molecule has 0 bridgehead atoms. The highest BCUT2D eigenvalue weighted by atomic mass is 32.2. The number of aromatic nitrogens is 2. The summed E-state index contributed by atoms with van der Waals surface area (Å²) in [6.07, 6.45) is 4.99. The smallest absolute Gasteiger partial charge is 0.231 e. The first-order valence-corrected chi connectivity index (χ1v) is 12.1. The molecule has 1 saturated carbocycles. The number of nitrogens with one attached hydrogen (secondary N) is 1. The first kappa shape index (κ1) is 20.2. The van der Waals surface area contributed by atoms with Crippen LogP contribution in [-0.2, 0) is 4.79 Å². The molecule has 2 heterocycles. The van der Waals surface area contributed by atoms with Crippen molar-refractivity contribution in [2.75, 3.05) is 5.75 Å². The predicted octanol–water partition coefficient (Wildman–Crippen LogP) is 5.67. The average molecular weight is 426 g/mol. The fourth-order valence-corrected chi connectivity index (χ4v) is 5.82. The molecule has 152 valence electrons. The zero-order valence-corrected chi connectivity index (χ0v) is 18.6. The number of hydrogen-bond acceptors (Lipinski definition) is 4. The number of aryl methyl sites for hydroxylation is 1. The number of nitrogens with zero attached hydrogens (tertiary/aromatic N) is 2. The molecule has 0 radical (unpaired) electrons. The highest BCUT2D eigenvalue weighted by Crippen LogP contribution is 2.35. The fourth-order valence-electron chi connectivity index (χ4n) is 4.04. The van der Waals surface area contributed by atoms with E-state index in [1.165, 1.54) is 31.4 Å². The van der Waals surface area contributed by atoms with Gasteiger partial charge in [0.15, 0.2) is 5.16 Å². The fraction of sp³-hybridized carbons (Fsp3) is 0.391. The van der Waals surface area contributed by atoms with Gasteiger partial charge in [-0.05, 0) is 43.7 Å². The molecule has 2 aromatic heterocycles. The van der Waals surface area contributed by atoms with Gasteiger partial charge in [0.25, 0.3) is 0 Å². The van der Waals surface area contributed by atoms with Crippen LogP contribution in [0.4, 0.5) is 0 Å². The minimum Gasteiger partial charge on any atom is -0.344 e. The zero-order valence-electron chi connectivity index (χ0n) is 16.9. The number of rotatable bonds is 7. The molecule has 4 nitrogen and oxygen atoms in total. The number of thiophene rings is 1. The van der Waals surface area contributed by atoms with E-state index >= 15 is 0 Å². The Morgan fingerprint density at radius 2 is 1.97 bits per heavy atom. The molecule has 1 aliphatic rings. The maximum absolute atomic E-state index is 12.9. The third-order valence-corrected chi connectivity index (χ3v) is 7.53. The average Bonchev–Trinajstić information content (AvgIpc) is 3.48. The number of hydrogen-bond donors (Lipinski definition) is 1. The Bertz CT molecular complexity index is 944. The van der Waals surface area contributed by atoms with Gasteiger partial charge in [0, 0.05) is 16.6 Å². The van der Waals surface area contributed by atoms with E-state index in [9.17, 15) is 4.79 Å². The first-order valence-electron chi connectivity index (χ1n) is 10.2. The molecule has 1 atom stereocenters. The quantitative estimate of drug-likeness (QED) is 0.496. The SMILES string of the molecule is Cc1nc(SCC(=O)N[C@H](c2ccccc2)c2cccs2)n(C2CCCC2)c1C. The van der Waals surface area contributed by atoms with E-state index < -0.39 is 0 Å². The lowest BCUT2D eigenvalue weighted by atomic mass is 10.1. The van der Waals surface area contributed by atoms with E-state index in [2.05, 4.69) is 47.3 Å². The third-order valence-electron chi connectivity index (χ3n) is 5.64. The van der Waals surface area contributed by atoms with Gasteiger partial charge in [0.2, 0.25) is 5.91 Å². The summed E-state index contributed by atoms with van der Waals surface area (Å²) in [5, 5.41) is 6.26. The minimum atomic E-state index is -0.109. The largest absolute Gasteiger partial charge is 0.344 e. The molecule has 3 aromatic rings. The molecule has 0 aliphatic heterocycles. The van der Waals surface area contributed by atoms with Gasteiger partial charge in [-0.25, -0.2) is 4.98 Å².